The Morgan fingerprint density at radius 3 is 1.73 bits per heavy atom. The average Bonchev–Trinajstić information content (AvgIpc) is 3.00. The Labute approximate surface area is 266 Å². The fraction of sp³-hybridized carbons (Fsp3) is 0.879. The van der Waals surface area contributed by atoms with Gasteiger partial charge in [0.1, 0.15) is 12.7 Å². The highest BCUT2D eigenvalue weighted by Gasteiger charge is 2.27. The van der Waals surface area contributed by atoms with Gasteiger partial charge in [-0.15, -0.1) is 0 Å². The molecule has 10 nitrogen and oxygen atoms in total. The number of phosphoric ester groups is 1. The topological polar surface area (TPSA) is 149 Å². The van der Waals surface area contributed by atoms with Crippen LogP contribution in [-0.4, -0.2) is 65.7 Å². The maximum absolute atomic E-state index is 12.4. The van der Waals surface area contributed by atoms with Crippen LogP contribution >= 0.6 is 7.82 Å². The number of hydrogen-bond acceptors (Lipinski definition) is 9. The molecule has 0 heterocycles. The summed E-state index contributed by atoms with van der Waals surface area (Å²) in [6, 6.07) is 0. The Hall–Kier alpha value is -1.29. The second-order valence-corrected chi connectivity index (χ2v) is 13.0. The van der Waals surface area contributed by atoms with Gasteiger partial charge in [0.15, 0.2) is 6.10 Å². The van der Waals surface area contributed by atoms with Gasteiger partial charge in [-0.1, -0.05) is 129 Å². The molecule has 0 fully saturated rings. The molecule has 260 valence electrons. The van der Waals surface area contributed by atoms with Gasteiger partial charge in [-0.05, 0) is 19.3 Å². The number of hydrogen-bond donors (Lipinski definition) is 3. The fourth-order valence-electron chi connectivity index (χ4n) is 4.50. The van der Waals surface area contributed by atoms with Gasteiger partial charge in [0.25, 0.3) is 0 Å². The van der Waals surface area contributed by atoms with Crippen LogP contribution in [-0.2, 0) is 32.7 Å². The van der Waals surface area contributed by atoms with Crippen molar-refractivity contribution in [3.63, 3.8) is 0 Å². The molecule has 0 spiro atoms. The molecule has 3 atom stereocenters. The number of carbonyl (C=O) groups is 2. The van der Waals surface area contributed by atoms with Crippen LogP contribution < -0.4 is 0 Å². The third kappa shape index (κ3) is 29.4. The summed E-state index contributed by atoms with van der Waals surface area (Å²) in [5, 5.41) is 18.2. The summed E-state index contributed by atoms with van der Waals surface area (Å²) < 4.78 is 32.3. The molecule has 0 aromatic rings. The first-order valence-corrected chi connectivity index (χ1v) is 18.6. The first-order chi connectivity index (χ1) is 21.2. The van der Waals surface area contributed by atoms with E-state index in [1.807, 2.05) is 6.08 Å². The van der Waals surface area contributed by atoms with Gasteiger partial charge in [0.2, 0.25) is 0 Å². The van der Waals surface area contributed by atoms with E-state index in [0.717, 1.165) is 32.1 Å². The quantitative estimate of drug-likeness (QED) is 0.0286. The molecule has 11 heteroatoms. The van der Waals surface area contributed by atoms with Crippen LogP contribution in [0.4, 0.5) is 0 Å². The van der Waals surface area contributed by atoms with E-state index in [-0.39, 0.29) is 19.4 Å². The van der Waals surface area contributed by atoms with Crippen LogP contribution in [0, 0.1) is 0 Å². The van der Waals surface area contributed by atoms with E-state index in [1.54, 1.807) is 6.08 Å². The number of carbonyl (C=O) groups excluding carboxylic acids is 2. The second kappa shape index (κ2) is 30.4. The van der Waals surface area contributed by atoms with Gasteiger partial charge in [-0.3, -0.25) is 18.6 Å². The maximum Gasteiger partial charge on any atom is 0.472 e. The molecule has 0 rings (SSSR count). The van der Waals surface area contributed by atoms with Gasteiger partial charge in [0.05, 0.1) is 26.2 Å². The highest BCUT2D eigenvalue weighted by molar-refractivity contribution is 7.47. The standard InChI is InChI=1S/C33H63O10P/c1-3-5-7-9-11-13-14-15-16-17-19-20-22-24-32(36)40-28-31(29-42-44(38,39)41-27-30(35)26-34)43-33(37)25-23-21-18-12-10-8-6-4-2/h20,22,30-31,34-35H,3-19,21,23-29H2,1-2H3,(H,38,39)/b22-20-/t30-,31+/m0/s1. The van der Waals surface area contributed by atoms with Crippen LogP contribution in [0.15, 0.2) is 12.2 Å². The molecule has 3 N–H and O–H groups in total. The van der Waals surface area contributed by atoms with Gasteiger partial charge in [-0.25, -0.2) is 4.57 Å². The molecule has 0 aliphatic heterocycles. The number of esters is 2. The predicted octanol–water partition coefficient (Wildman–Crippen LogP) is 7.72. The monoisotopic (exact) mass is 650 g/mol. The van der Waals surface area contributed by atoms with E-state index >= 15 is 0 Å². The van der Waals surface area contributed by atoms with Crippen LogP contribution in [0.3, 0.4) is 0 Å². The summed E-state index contributed by atoms with van der Waals surface area (Å²) in [5.41, 5.74) is 0. The van der Waals surface area contributed by atoms with Crippen LogP contribution in [0.2, 0.25) is 0 Å². The minimum absolute atomic E-state index is 0.0677. The van der Waals surface area contributed by atoms with Crippen molar-refractivity contribution in [1.29, 1.82) is 0 Å². The molecular weight excluding hydrogens is 587 g/mol. The Bertz CT molecular complexity index is 761. The highest BCUT2D eigenvalue weighted by atomic mass is 31.2. The molecule has 1 unspecified atom stereocenters. The number of phosphoric acid groups is 1. The number of aliphatic hydroxyl groups is 2. The summed E-state index contributed by atoms with van der Waals surface area (Å²) in [4.78, 5) is 34.5. The van der Waals surface area contributed by atoms with E-state index in [2.05, 4.69) is 18.4 Å². The van der Waals surface area contributed by atoms with Gasteiger partial charge in [-0.2, -0.15) is 0 Å². The summed E-state index contributed by atoms with van der Waals surface area (Å²) in [5.74, 6) is -1.02. The SMILES string of the molecule is CCCCCCCCCCCC/C=C\CC(=O)OC[C@H](COP(=O)(O)OC[C@@H](O)CO)OC(=O)CCCCCCCCCC. The largest absolute Gasteiger partial charge is 0.472 e. The second-order valence-electron chi connectivity index (χ2n) is 11.6. The zero-order chi connectivity index (χ0) is 32.7. The summed E-state index contributed by atoms with van der Waals surface area (Å²) in [6.45, 7) is 2.25. The predicted molar refractivity (Wildman–Crippen MR) is 173 cm³/mol. The molecule has 0 radical (unpaired) electrons. The zero-order valence-electron chi connectivity index (χ0n) is 27.6. The molecule has 0 bridgehead atoms. The first kappa shape index (κ1) is 42.7. The molecular formula is C33H63O10P. The third-order valence-electron chi connectivity index (χ3n) is 7.20. The molecule has 0 aliphatic carbocycles. The minimum Gasteiger partial charge on any atom is -0.461 e. The zero-order valence-corrected chi connectivity index (χ0v) is 28.5. The lowest BCUT2D eigenvalue weighted by molar-refractivity contribution is -0.160. The molecule has 0 aromatic carbocycles. The van der Waals surface area contributed by atoms with Gasteiger partial charge in [0, 0.05) is 6.42 Å². The van der Waals surface area contributed by atoms with Crippen molar-refractivity contribution in [2.75, 3.05) is 26.4 Å². The molecule has 44 heavy (non-hydrogen) atoms. The van der Waals surface area contributed by atoms with Crippen molar-refractivity contribution in [2.45, 2.75) is 161 Å². The number of aliphatic hydroxyl groups excluding tert-OH is 2. The summed E-state index contributed by atoms with van der Waals surface area (Å²) in [6.07, 6.45) is 23.7. The van der Waals surface area contributed by atoms with Crippen LogP contribution in [0.1, 0.15) is 149 Å². The number of unbranched alkanes of at least 4 members (excludes halogenated alkanes) is 17. The molecule has 0 amide bonds. The van der Waals surface area contributed by atoms with Crippen molar-refractivity contribution >= 4 is 19.8 Å². The highest BCUT2D eigenvalue weighted by Crippen LogP contribution is 2.43. The van der Waals surface area contributed by atoms with E-state index in [4.69, 9.17) is 19.1 Å². The number of rotatable bonds is 32. The van der Waals surface area contributed by atoms with Crippen LogP contribution in [0.25, 0.3) is 0 Å². The van der Waals surface area contributed by atoms with E-state index in [1.165, 1.54) is 83.5 Å². The van der Waals surface area contributed by atoms with Crippen molar-refractivity contribution in [3.8, 4) is 0 Å². The van der Waals surface area contributed by atoms with Gasteiger partial charge >= 0.3 is 19.8 Å². The molecule has 0 aliphatic rings. The summed E-state index contributed by atoms with van der Waals surface area (Å²) >= 11 is 0. The lowest BCUT2D eigenvalue weighted by Crippen LogP contribution is -2.29. The van der Waals surface area contributed by atoms with E-state index < -0.39 is 51.8 Å². The number of ether oxygens (including phenoxy) is 2. The molecule has 0 aromatic heterocycles. The third-order valence-corrected chi connectivity index (χ3v) is 8.15. The lowest BCUT2D eigenvalue weighted by Gasteiger charge is -2.20. The average molecular weight is 651 g/mol. The Morgan fingerprint density at radius 2 is 1.18 bits per heavy atom. The summed E-state index contributed by atoms with van der Waals surface area (Å²) in [7, 11) is -4.60. The number of allylic oxidation sites excluding steroid dienone is 1. The molecule has 0 saturated heterocycles. The van der Waals surface area contributed by atoms with Crippen molar-refractivity contribution in [3.05, 3.63) is 12.2 Å². The fourth-order valence-corrected chi connectivity index (χ4v) is 5.29. The molecule has 0 saturated carbocycles. The Kier molecular flexibility index (Phi) is 29.5. The van der Waals surface area contributed by atoms with Crippen molar-refractivity contribution in [1.82, 2.24) is 0 Å². The maximum atomic E-state index is 12.4. The Balaban J connectivity index is 4.44. The first-order valence-electron chi connectivity index (χ1n) is 17.1. The minimum atomic E-state index is -4.60. The van der Waals surface area contributed by atoms with E-state index in [9.17, 15) is 24.2 Å². The van der Waals surface area contributed by atoms with Crippen molar-refractivity contribution in [2.24, 2.45) is 0 Å². The Morgan fingerprint density at radius 1 is 0.682 bits per heavy atom. The normalized spacial score (nSPS) is 14.4. The van der Waals surface area contributed by atoms with Crippen LogP contribution in [0.5, 0.6) is 0 Å². The lowest BCUT2D eigenvalue weighted by atomic mass is 10.1. The van der Waals surface area contributed by atoms with Crippen molar-refractivity contribution < 1.29 is 47.8 Å². The van der Waals surface area contributed by atoms with E-state index in [0.29, 0.717) is 6.42 Å². The smallest absolute Gasteiger partial charge is 0.461 e. The van der Waals surface area contributed by atoms with Gasteiger partial charge < -0.3 is 24.6 Å².